The molecule has 3 aliphatic rings. The molecule has 3 heterocycles. The molecule has 1 amide bonds. The van der Waals surface area contributed by atoms with Crippen LogP contribution >= 0.6 is 11.3 Å². The van der Waals surface area contributed by atoms with E-state index in [-0.39, 0.29) is 5.91 Å². The van der Waals surface area contributed by atoms with E-state index in [1.165, 1.54) is 29.7 Å². The first kappa shape index (κ1) is 15.6. The highest BCUT2D eigenvalue weighted by molar-refractivity contribution is 7.10. The summed E-state index contributed by atoms with van der Waals surface area (Å²) in [5, 5.41) is 2.12. The molecular formula is C18H26N2O2S. The fourth-order valence-corrected chi connectivity index (χ4v) is 5.46. The predicted octanol–water partition coefficient (Wildman–Crippen LogP) is 2.42. The first-order chi connectivity index (χ1) is 11.2. The lowest BCUT2D eigenvalue weighted by molar-refractivity contribution is 0.0119. The van der Waals surface area contributed by atoms with E-state index in [2.05, 4.69) is 22.1 Å². The summed E-state index contributed by atoms with van der Waals surface area (Å²) in [5.41, 5.74) is 2.35. The highest BCUT2D eigenvalue weighted by Crippen LogP contribution is 2.32. The molecule has 0 radical (unpaired) electrons. The Bertz CT molecular complexity index is 580. The van der Waals surface area contributed by atoms with Crippen LogP contribution in [0.2, 0.25) is 0 Å². The molecule has 2 atom stereocenters. The molecule has 1 aromatic heterocycles. The van der Waals surface area contributed by atoms with Crippen molar-refractivity contribution in [2.24, 2.45) is 5.92 Å². The average Bonchev–Trinajstić information content (AvgIpc) is 3.19. The van der Waals surface area contributed by atoms with Gasteiger partial charge in [0.25, 0.3) is 5.91 Å². The van der Waals surface area contributed by atoms with Crippen LogP contribution in [-0.2, 0) is 17.6 Å². The number of thiophene rings is 1. The van der Waals surface area contributed by atoms with Crippen molar-refractivity contribution in [1.82, 2.24) is 9.80 Å². The Morgan fingerprint density at radius 2 is 2.00 bits per heavy atom. The third kappa shape index (κ3) is 2.94. The lowest BCUT2D eigenvalue weighted by atomic mass is 9.95. The maximum atomic E-state index is 13.0. The molecule has 1 aliphatic carbocycles. The first-order valence-electron chi connectivity index (χ1n) is 8.94. The van der Waals surface area contributed by atoms with Gasteiger partial charge in [-0.3, -0.25) is 9.69 Å². The molecule has 0 aromatic carbocycles. The number of rotatable bonds is 2. The molecule has 5 heteroatoms. The SMILES string of the molecule is C[C@@H]1CN(C(=O)c2csc3c2CCCC3)C[C@H]1N1CCOCC1. The van der Waals surface area contributed by atoms with E-state index in [9.17, 15) is 4.79 Å². The maximum absolute atomic E-state index is 13.0. The number of hydrogen-bond donors (Lipinski definition) is 0. The van der Waals surface area contributed by atoms with Gasteiger partial charge in [0.2, 0.25) is 0 Å². The molecule has 23 heavy (non-hydrogen) atoms. The van der Waals surface area contributed by atoms with E-state index < -0.39 is 0 Å². The number of likely N-dealkylation sites (tertiary alicyclic amines) is 1. The Hall–Kier alpha value is -0.910. The molecule has 0 unspecified atom stereocenters. The molecule has 4 rings (SSSR count). The molecule has 2 aliphatic heterocycles. The third-order valence-electron chi connectivity index (χ3n) is 5.67. The number of carbonyl (C=O) groups excluding carboxylic acids is 1. The molecule has 4 nitrogen and oxygen atoms in total. The number of nitrogens with zero attached hydrogens (tertiary/aromatic N) is 2. The van der Waals surface area contributed by atoms with E-state index in [0.717, 1.165) is 51.4 Å². The van der Waals surface area contributed by atoms with Crippen LogP contribution in [0.25, 0.3) is 0 Å². The van der Waals surface area contributed by atoms with Crippen molar-refractivity contribution in [2.75, 3.05) is 39.4 Å². The van der Waals surface area contributed by atoms with E-state index in [1.54, 1.807) is 11.3 Å². The standard InChI is InChI=1S/C18H26N2O2S/c1-13-10-20(11-16(13)19-6-8-22-9-7-19)18(21)15-12-23-17-5-3-2-4-14(15)17/h12-13,16H,2-11H2,1H3/t13-,16-/m1/s1. The molecule has 0 N–H and O–H groups in total. The predicted molar refractivity (Wildman–Crippen MR) is 92.2 cm³/mol. The maximum Gasteiger partial charge on any atom is 0.255 e. The molecule has 2 saturated heterocycles. The smallest absolute Gasteiger partial charge is 0.255 e. The van der Waals surface area contributed by atoms with Crippen molar-refractivity contribution in [3.8, 4) is 0 Å². The minimum atomic E-state index is 0.270. The number of morpholine rings is 1. The van der Waals surface area contributed by atoms with Crippen molar-refractivity contribution >= 4 is 17.2 Å². The van der Waals surface area contributed by atoms with Gasteiger partial charge in [0, 0.05) is 42.5 Å². The quantitative estimate of drug-likeness (QED) is 0.833. The van der Waals surface area contributed by atoms with Gasteiger partial charge in [-0.2, -0.15) is 0 Å². The van der Waals surface area contributed by atoms with Gasteiger partial charge < -0.3 is 9.64 Å². The summed E-state index contributed by atoms with van der Waals surface area (Å²) >= 11 is 1.79. The topological polar surface area (TPSA) is 32.8 Å². The molecule has 0 bridgehead atoms. The summed E-state index contributed by atoms with van der Waals surface area (Å²) in [6.45, 7) is 7.73. The van der Waals surface area contributed by atoms with Gasteiger partial charge in [-0.15, -0.1) is 11.3 Å². The molecule has 1 aromatic rings. The Morgan fingerprint density at radius 1 is 1.22 bits per heavy atom. The van der Waals surface area contributed by atoms with Gasteiger partial charge in [-0.1, -0.05) is 6.92 Å². The van der Waals surface area contributed by atoms with E-state index in [0.29, 0.717) is 12.0 Å². The number of hydrogen-bond acceptors (Lipinski definition) is 4. The van der Waals surface area contributed by atoms with Crippen LogP contribution in [0.4, 0.5) is 0 Å². The summed E-state index contributed by atoms with van der Waals surface area (Å²) in [6, 6.07) is 0.498. The first-order valence-corrected chi connectivity index (χ1v) is 9.82. The molecular weight excluding hydrogens is 308 g/mol. The zero-order valence-corrected chi connectivity index (χ0v) is 14.7. The number of aryl methyl sites for hydroxylation is 1. The van der Waals surface area contributed by atoms with Crippen LogP contribution in [0.3, 0.4) is 0 Å². The summed E-state index contributed by atoms with van der Waals surface area (Å²) in [6.07, 6.45) is 4.77. The van der Waals surface area contributed by atoms with Crippen LogP contribution in [0.15, 0.2) is 5.38 Å². The normalized spacial score (nSPS) is 28.8. The Labute approximate surface area is 142 Å². The lowest BCUT2D eigenvalue weighted by Gasteiger charge is -2.34. The fraction of sp³-hybridized carbons (Fsp3) is 0.722. The summed E-state index contributed by atoms with van der Waals surface area (Å²) in [5.74, 6) is 0.818. The van der Waals surface area contributed by atoms with Gasteiger partial charge in [-0.05, 0) is 37.2 Å². The average molecular weight is 334 g/mol. The Kier molecular flexibility index (Phi) is 4.43. The minimum absolute atomic E-state index is 0.270. The number of ether oxygens (including phenoxy) is 1. The van der Waals surface area contributed by atoms with Gasteiger partial charge in [0.1, 0.15) is 0 Å². The van der Waals surface area contributed by atoms with Gasteiger partial charge in [-0.25, -0.2) is 0 Å². The molecule has 0 saturated carbocycles. The second-order valence-corrected chi connectivity index (χ2v) is 8.13. The zero-order chi connectivity index (χ0) is 15.8. The number of amides is 1. The lowest BCUT2D eigenvalue weighted by Crippen LogP contribution is -2.47. The van der Waals surface area contributed by atoms with Gasteiger partial charge in [0.15, 0.2) is 0 Å². The number of fused-ring (bicyclic) bond motifs is 1. The monoisotopic (exact) mass is 334 g/mol. The zero-order valence-electron chi connectivity index (χ0n) is 13.9. The summed E-state index contributed by atoms with van der Waals surface area (Å²) in [4.78, 5) is 19.1. The summed E-state index contributed by atoms with van der Waals surface area (Å²) < 4.78 is 5.47. The van der Waals surface area contributed by atoms with Gasteiger partial charge in [0.05, 0.1) is 18.8 Å². The highest BCUT2D eigenvalue weighted by Gasteiger charge is 2.37. The Balaban J connectivity index is 1.48. The molecule has 0 spiro atoms. The van der Waals surface area contributed by atoms with Crippen LogP contribution in [0, 0.1) is 5.92 Å². The largest absolute Gasteiger partial charge is 0.379 e. The second-order valence-electron chi connectivity index (χ2n) is 7.16. The van der Waals surface area contributed by atoms with Crippen LogP contribution in [0.5, 0.6) is 0 Å². The van der Waals surface area contributed by atoms with E-state index in [1.807, 2.05) is 0 Å². The van der Waals surface area contributed by atoms with Crippen LogP contribution in [-0.4, -0.2) is 61.1 Å². The van der Waals surface area contributed by atoms with E-state index in [4.69, 9.17) is 4.74 Å². The molecule has 126 valence electrons. The fourth-order valence-electron chi connectivity index (χ4n) is 4.34. The van der Waals surface area contributed by atoms with Gasteiger partial charge >= 0.3 is 0 Å². The van der Waals surface area contributed by atoms with Crippen molar-refractivity contribution in [3.05, 3.63) is 21.4 Å². The number of carbonyl (C=O) groups is 1. The summed E-state index contributed by atoms with van der Waals surface area (Å²) in [7, 11) is 0. The van der Waals surface area contributed by atoms with Crippen molar-refractivity contribution in [3.63, 3.8) is 0 Å². The van der Waals surface area contributed by atoms with E-state index >= 15 is 0 Å². The van der Waals surface area contributed by atoms with Crippen LogP contribution in [0.1, 0.15) is 40.6 Å². The van der Waals surface area contributed by atoms with Crippen LogP contribution < -0.4 is 0 Å². The molecule has 2 fully saturated rings. The highest BCUT2D eigenvalue weighted by atomic mass is 32.1. The van der Waals surface area contributed by atoms with Crippen molar-refractivity contribution in [1.29, 1.82) is 0 Å². The van der Waals surface area contributed by atoms with Crippen molar-refractivity contribution in [2.45, 2.75) is 38.6 Å². The van der Waals surface area contributed by atoms with Crippen molar-refractivity contribution < 1.29 is 9.53 Å². The Morgan fingerprint density at radius 3 is 2.83 bits per heavy atom. The minimum Gasteiger partial charge on any atom is -0.379 e. The third-order valence-corrected chi connectivity index (χ3v) is 6.75. The second kappa shape index (κ2) is 6.54.